The molecule has 0 aromatic carbocycles. The maximum Gasteiger partial charge on any atom is 0.264 e. The molecule has 0 saturated carbocycles. The molecule has 0 unspecified atom stereocenters. The van der Waals surface area contributed by atoms with Crippen LogP contribution in [0.4, 0.5) is 0 Å². The summed E-state index contributed by atoms with van der Waals surface area (Å²) in [5.41, 5.74) is 1.30. The van der Waals surface area contributed by atoms with Gasteiger partial charge in [-0.05, 0) is 23.8 Å². The molecular formula is C11H12N2OS2. The minimum atomic E-state index is -0.0362. The van der Waals surface area contributed by atoms with Gasteiger partial charge in [-0.25, -0.2) is 0 Å². The SMILES string of the molecule is CN(CC#N)C(=O)c1cc2c(s1)CCSC2. The quantitative estimate of drug-likeness (QED) is 0.757. The van der Waals surface area contributed by atoms with Crippen LogP contribution in [0.3, 0.4) is 0 Å². The van der Waals surface area contributed by atoms with Crippen LogP contribution in [0, 0.1) is 11.3 Å². The number of carbonyl (C=O) groups is 1. The number of thiophene rings is 1. The summed E-state index contributed by atoms with van der Waals surface area (Å²) in [6.07, 6.45) is 1.07. The molecule has 5 heteroatoms. The zero-order chi connectivity index (χ0) is 11.5. The summed E-state index contributed by atoms with van der Waals surface area (Å²) in [6, 6.07) is 3.97. The van der Waals surface area contributed by atoms with Crippen LogP contribution in [0.2, 0.25) is 0 Å². The number of hydrogen-bond acceptors (Lipinski definition) is 4. The predicted molar refractivity (Wildman–Crippen MR) is 66.8 cm³/mol. The summed E-state index contributed by atoms with van der Waals surface area (Å²) in [7, 11) is 1.67. The fourth-order valence-electron chi connectivity index (χ4n) is 1.62. The van der Waals surface area contributed by atoms with Gasteiger partial charge < -0.3 is 4.90 Å². The topological polar surface area (TPSA) is 44.1 Å². The molecule has 1 aliphatic rings. The van der Waals surface area contributed by atoms with Crippen molar-refractivity contribution in [1.29, 1.82) is 5.26 Å². The highest BCUT2D eigenvalue weighted by atomic mass is 32.2. The fraction of sp³-hybridized carbons (Fsp3) is 0.455. The van der Waals surface area contributed by atoms with Gasteiger partial charge in [-0.1, -0.05) is 0 Å². The molecule has 2 rings (SSSR count). The standard InChI is InChI=1S/C11H12N2OS2/c1-13(4-3-12)11(14)10-6-8-7-15-5-2-9(8)16-10/h6H,2,4-5,7H2,1H3. The Morgan fingerprint density at radius 1 is 1.69 bits per heavy atom. The van der Waals surface area contributed by atoms with Crippen LogP contribution < -0.4 is 0 Å². The second-order valence-electron chi connectivity index (χ2n) is 3.68. The molecule has 16 heavy (non-hydrogen) atoms. The van der Waals surface area contributed by atoms with Crippen molar-refractivity contribution in [2.45, 2.75) is 12.2 Å². The van der Waals surface area contributed by atoms with Gasteiger partial charge in [0.15, 0.2) is 0 Å². The summed E-state index contributed by atoms with van der Waals surface area (Å²) in [5.74, 6) is 2.13. The Balaban J connectivity index is 2.18. The van der Waals surface area contributed by atoms with Crippen molar-refractivity contribution in [3.63, 3.8) is 0 Å². The number of hydrogen-bond donors (Lipinski definition) is 0. The number of thioether (sulfide) groups is 1. The lowest BCUT2D eigenvalue weighted by Gasteiger charge is -2.10. The van der Waals surface area contributed by atoms with E-state index < -0.39 is 0 Å². The molecule has 3 nitrogen and oxygen atoms in total. The number of nitrogens with zero attached hydrogens (tertiary/aromatic N) is 2. The Morgan fingerprint density at radius 3 is 3.19 bits per heavy atom. The fourth-order valence-corrected chi connectivity index (χ4v) is 3.99. The summed E-state index contributed by atoms with van der Waals surface area (Å²) >= 11 is 3.49. The van der Waals surface area contributed by atoms with E-state index in [2.05, 4.69) is 0 Å². The van der Waals surface area contributed by atoms with Gasteiger partial charge in [0.1, 0.15) is 6.54 Å². The number of amides is 1. The second kappa shape index (κ2) is 4.89. The second-order valence-corrected chi connectivity index (χ2v) is 5.92. The van der Waals surface area contributed by atoms with Crippen molar-refractivity contribution in [2.24, 2.45) is 0 Å². The Morgan fingerprint density at radius 2 is 2.50 bits per heavy atom. The van der Waals surface area contributed by atoms with Crippen LogP contribution in [0.25, 0.3) is 0 Å². The van der Waals surface area contributed by atoms with E-state index in [1.165, 1.54) is 15.3 Å². The van der Waals surface area contributed by atoms with Gasteiger partial charge in [-0.2, -0.15) is 17.0 Å². The van der Waals surface area contributed by atoms with Crippen molar-refractivity contribution in [1.82, 2.24) is 4.90 Å². The Labute approximate surface area is 103 Å². The van der Waals surface area contributed by atoms with Crippen molar-refractivity contribution >= 4 is 29.0 Å². The van der Waals surface area contributed by atoms with E-state index in [-0.39, 0.29) is 12.5 Å². The van der Waals surface area contributed by atoms with E-state index in [1.807, 2.05) is 23.9 Å². The van der Waals surface area contributed by atoms with Crippen LogP contribution in [0.15, 0.2) is 6.07 Å². The molecular weight excluding hydrogens is 240 g/mol. The van der Waals surface area contributed by atoms with Crippen molar-refractivity contribution in [3.8, 4) is 6.07 Å². The summed E-state index contributed by atoms with van der Waals surface area (Å²) < 4.78 is 0. The van der Waals surface area contributed by atoms with Gasteiger partial charge in [0.25, 0.3) is 5.91 Å². The molecule has 0 fully saturated rings. The lowest BCUT2D eigenvalue weighted by Crippen LogP contribution is -2.26. The van der Waals surface area contributed by atoms with Crippen molar-refractivity contribution in [2.75, 3.05) is 19.3 Å². The van der Waals surface area contributed by atoms with Crippen LogP contribution in [-0.2, 0) is 12.2 Å². The first-order chi connectivity index (χ1) is 7.72. The van der Waals surface area contributed by atoms with E-state index >= 15 is 0 Å². The molecule has 1 aliphatic heterocycles. The Kier molecular flexibility index (Phi) is 3.52. The largest absolute Gasteiger partial charge is 0.328 e. The van der Waals surface area contributed by atoms with Gasteiger partial charge in [-0.3, -0.25) is 4.79 Å². The first kappa shape index (κ1) is 11.5. The maximum atomic E-state index is 11.9. The predicted octanol–water partition coefficient (Wildman–Crippen LogP) is 2.13. The summed E-state index contributed by atoms with van der Waals surface area (Å²) in [6.45, 7) is 0.149. The highest BCUT2D eigenvalue weighted by molar-refractivity contribution is 7.98. The monoisotopic (exact) mass is 252 g/mol. The molecule has 0 N–H and O–H groups in total. The normalized spacial score (nSPS) is 14.0. The maximum absolute atomic E-state index is 11.9. The minimum absolute atomic E-state index is 0.0362. The van der Waals surface area contributed by atoms with E-state index in [4.69, 9.17) is 5.26 Å². The molecule has 1 aromatic rings. The van der Waals surface area contributed by atoms with Crippen molar-refractivity contribution in [3.05, 3.63) is 21.4 Å². The summed E-state index contributed by atoms with van der Waals surface area (Å²) in [4.78, 5) is 15.5. The van der Waals surface area contributed by atoms with Gasteiger partial charge in [-0.15, -0.1) is 11.3 Å². The molecule has 1 aromatic heterocycles. The first-order valence-corrected chi connectivity index (χ1v) is 7.01. The minimum Gasteiger partial charge on any atom is -0.328 e. The first-order valence-electron chi connectivity index (χ1n) is 5.04. The number of carbonyl (C=O) groups excluding carboxylic acids is 1. The smallest absolute Gasteiger partial charge is 0.264 e. The third-order valence-corrected chi connectivity index (χ3v) is 4.73. The molecule has 0 spiro atoms. The molecule has 0 atom stereocenters. The number of rotatable bonds is 2. The van der Waals surface area contributed by atoms with Crippen LogP contribution >= 0.6 is 23.1 Å². The van der Waals surface area contributed by atoms with Crippen LogP contribution in [0.5, 0.6) is 0 Å². The van der Waals surface area contributed by atoms with Gasteiger partial charge in [0.2, 0.25) is 0 Å². The zero-order valence-corrected chi connectivity index (χ0v) is 10.7. The molecule has 84 valence electrons. The average Bonchev–Trinajstić information content (AvgIpc) is 2.71. The molecule has 0 bridgehead atoms. The highest BCUT2D eigenvalue weighted by Gasteiger charge is 2.19. The van der Waals surface area contributed by atoms with Crippen molar-refractivity contribution < 1.29 is 4.79 Å². The Bertz CT molecular complexity index is 424. The third kappa shape index (κ3) is 2.23. The van der Waals surface area contributed by atoms with E-state index in [1.54, 1.807) is 18.4 Å². The van der Waals surface area contributed by atoms with E-state index in [0.717, 1.165) is 22.8 Å². The van der Waals surface area contributed by atoms with Gasteiger partial charge in [0.05, 0.1) is 10.9 Å². The van der Waals surface area contributed by atoms with Gasteiger partial charge in [0, 0.05) is 17.7 Å². The molecule has 2 heterocycles. The number of aryl methyl sites for hydroxylation is 1. The lowest BCUT2D eigenvalue weighted by molar-refractivity contribution is 0.0816. The highest BCUT2D eigenvalue weighted by Crippen LogP contribution is 2.32. The third-order valence-electron chi connectivity index (χ3n) is 2.49. The van der Waals surface area contributed by atoms with Crippen LogP contribution in [0.1, 0.15) is 20.1 Å². The average molecular weight is 252 g/mol. The van der Waals surface area contributed by atoms with Gasteiger partial charge >= 0.3 is 0 Å². The lowest BCUT2D eigenvalue weighted by atomic mass is 10.2. The molecule has 0 aliphatic carbocycles. The number of nitriles is 1. The molecule has 0 radical (unpaired) electrons. The van der Waals surface area contributed by atoms with E-state index in [9.17, 15) is 4.79 Å². The van der Waals surface area contributed by atoms with Crippen LogP contribution in [-0.4, -0.2) is 30.2 Å². The zero-order valence-electron chi connectivity index (χ0n) is 9.02. The van der Waals surface area contributed by atoms with E-state index in [0.29, 0.717) is 0 Å². The Hall–Kier alpha value is -0.990. The molecule has 0 saturated heterocycles. The molecule has 1 amide bonds. The summed E-state index contributed by atoms with van der Waals surface area (Å²) in [5, 5.41) is 8.55. The number of fused-ring (bicyclic) bond motifs is 1.